The van der Waals surface area contributed by atoms with E-state index in [1.54, 1.807) is 29.1 Å². The van der Waals surface area contributed by atoms with Crippen molar-refractivity contribution in [3.63, 3.8) is 0 Å². The van der Waals surface area contributed by atoms with Crippen molar-refractivity contribution < 1.29 is 22.4 Å². The predicted molar refractivity (Wildman–Crippen MR) is 130 cm³/mol. The molecule has 184 valence electrons. The number of rotatable bonds is 8. The Hall–Kier alpha value is -3.57. The van der Waals surface area contributed by atoms with Crippen LogP contribution in [0.4, 0.5) is 5.82 Å². The number of fused-ring (bicyclic) bond motifs is 2. The number of aryl methyl sites for hydroxylation is 2. The van der Waals surface area contributed by atoms with E-state index in [2.05, 4.69) is 15.0 Å². The Kier molecular flexibility index (Phi) is 6.12. The molecule has 11 heteroatoms. The van der Waals surface area contributed by atoms with Crippen molar-refractivity contribution in [2.24, 2.45) is 5.73 Å². The van der Waals surface area contributed by atoms with Crippen LogP contribution < -0.4 is 19.9 Å². The number of hydrogen-bond donors (Lipinski definition) is 2. The fourth-order valence-electron chi connectivity index (χ4n) is 4.49. The third-order valence-corrected chi connectivity index (χ3v) is 7.59. The third-order valence-electron chi connectivity index (χ3n) is 6.23. The van der Waals surface area contributed by atoms with Crippen molar-refractivity contribution in [1.29, 1.82) is 0 Å². The summed E-state index contributed by atoms with van der Waals surface area (Å²) in [6.07, 6.45) is 7.45. The van der Waals surface area contributed by atoms with Gasteiger partial charge in [0, 0.05) is 18.3 Å². The molecule has 2 aromatic heterocycles. The molecule has 0 saturated heterocycles. The number of sulfonamides is 1. The first-order valence-electron chi connectivity index (χ1n) is 11.3. The zero-order valence-corrected chi connectivity index (χ0v) is 20.4. The lowest BCUT2D eigenvalue weighted by molar-refractivity contribution is 0.401. The SMILES string of the molecule is COc1cc2c(cc1S(=O)(=O)Nc1noc3cc(Cn4cc(CN)cn4)cc(OC)c13)CCCC2. The summed E-state index contributed by atoms with van der Waals surface area (Å²) in [7, 11) is -1.04. The minimum absolute atomic E-state index is 0.0488. The van der Waals surface area contributed by atoms with Gasteiger partial charge in [-0.05, 0) is 66.6 Å². The molecule has 0 aliphatic heterocycles. The van der Waals surface area contributed by atoms with Crippen LogP contribution >= 0.6 is 0 Å². The molecule has 5 rings (SSSR count). The van der Waals surface area contributed by atoms with E-state index in [9.17, 15) is 8.42 Å². The highest BCUT2D eigenvalue weighted by Gasteiger charge is 2.26. The van der Waals surface area contributed by atoms with E-state index in [1.165, 1.54) is 14.2 Å². The lowest BCUT2D eigenvalue weighted by atomic mass is 9.92. The number of nitrogens with two attached hydrogens (primary N) is 1. The fraction of sp³-hybridized carbons (Fsp3) is 0.333. The van der Waals surface area contributed by atoms with Crippen LogP contribution in [0, 0.1) is 0 Å². The zero-order chi connectivity index (χ0) is 24.6. The zero-order valence-electron chi connectivity index (χ0n) is 19.6. The minimum atomic E-state index is -4.01. The van der Waals surface area contributed by atoms with Crippen LogP contribution in [-0.2, 0) is 36.0 Å². The molecule has 0 saturated carbocycles. The van der Waals surface area contributed by atoms with Crippen molar-refractivity contribution in [3.05, 3.63) is 58.9 Å². The van der Waals surface area contributed by atoms with Gasteiger partial charge in [-0.3, -0.25) is 9.40 Å². The Balaban J connectivity index is 1.49. The highest BCUT2D eigenvalue weighted by molar-refractivity contribution is 7.92. The van der Waals surface area contributed by atoms with E-state index in [1.807, 2.05) is 12.3 Å². The van der Waals surface area contributed by atoms with Crippen LogP contribution in [0.1, 0.15) is 35.1 Å². The van der Waals surface area contributed by atoms with Gasteiger partial charge in [0.25, 0.3) is 10.0 Å². The van der Waals surface area contributed by atoms with Crippen molar-refractivity contribution in [2.75, 3.05) is 18.9 Å². The van der Waals surface area contributed by atoms with Gasteiger partial charge in [0.1, 0.15) is 21.8 Å². The Morgan fingerprint density at radius 3 is 2.49 bits per heavy atom. The molecule has 35 heavy (non-hydrogen) atoms. The van der Waals surface area contributed by atoms with Crippen LogP contribution in [0.5, 0.6) is 11.5 Å². The Morgan fingerprint density at radius 2 is 1.80 bits per heavy atom. The number of benzene rings is 2. The summed E-state index contributed by atoms with van der Waals surface area (Å²) >= 11 is 0. The van der Waals surface area contributed by atoms with Crippen LogP contribution in [0.15, 0.2) is 46.1 Å². The lowest BCUT2D eigenvalue weighted by Gasteiger charge is -2.19. The van der Waals surface area contributed by atoms with Gasteiger partial charge < -0.3 is 19.7 Å². The van der Waals surface area contributed by atoms with Crippen molar-refractivity contribution in [2.45, 2.75) is 43.7 Å². The van der Waals surface area contributed by atoms with Crippen LogP contribution in [0.25, 0.3) is 11.0 Å². The molecule has 0 radical (unpaired) electrons. The number of ether oxygens (including phenoxy) is 2. The third kappa shape index (κ3) is 4.44. The Bertz CT molecular complexity index is 1490. The van der Waals surface area contributed by atoms with Gasteiger partial charge in [-0.1, -0.05) is 5.16 Å². The quantitative estimate of drug-likeness (QED) is 0.379. The maximum Gasteiger partial charge on any atom is 0.266 e. The number of anilines is 1. The van der Waals surface area contributed by atoms with Gasteiger partial charge >= 0.3 is 0 Å². The molecule has 10 nitrogen and oxygen atoms in total. The van der Waals surface area contributed by atoms with E-state index in [0.717, 1.165) is 47.9 Å². The second-order valence-corrected chi connectivity index (χ2v) is 10.2. The van der Waals surface area contributed by atoms with Crippen LogP contribution in [0.3, 0.4) is 0 Å². The first kappa shape index (κ1) is 23.2. The first-order valence-corrected chi connectivity index (χ1v) is 12.8. The summed E-state index contributed by atoms with van der Waals surface area (Å²) in [4.78, 5) is 0.0711. The summed E-state index contributed by atoms with van der Waals surface area (Å²) in [5.41, 5.74) is 9.98. The number of nitrogens with one attached hydrogen (secondary N) is 1. The highest BCUT2D eigenvalue weighted by atomic mass is 32.2. The number of aromatic nitrogens is 3. The van der Waals surface area contributed by atoms with E-state index in [0.29, 0.717) is 35.6 Å². The van der Waals surface area contributed by atoms with E-state index in [-0.39, 0.29) is 10.7 Å². The van der Waals surface area contributed by atoms with Gasteiger partial charge in [-0.15, -0.1) is 0 Å². The van der Waals surface area contributed by atoms with E-state index < -0.39 is 10.0 Å². The van der Waals surface area contributed by atoms with Gasteiger partial charge in [-0.25, -0.2) is 8.42 Å². The lowest BCUT2D eigenvalue weighted by Crippen LogP contribution is -2.16. The monoisotopic (exact) mass is 497 g/mol. The average Bonchev–Trinajstić information content (AvgIpc) is 3.49. The topological polar surface area (TPSA) is 134 Å². The summed E-state index contributed by atoms with van der Waals surface area (Å²) < 4.78 is 47.6. The van der Waals surface area contributed by atoms with Crippen molar-refractivity contribution in [3.8, 4) is 11.5 Å². The molecule has 0 bridgehead atoms. The molecular formula is C24H27N5O5S. The Labute approximate surface area is 203 Å². The summed E-state index contributed by atoms with van der Waals surface area (Å²) in [5, 5.41) is 8.73. The predicted octanol–water partition coefficient (Wildman–Crippen LogP) is 3.23. The molecule has 4 aromatic rings. The summed E-state index contributed by atoms with van der Waals surface area (Å²) in [5.74, 6) is 0.781. The van der Waals surface area contributed by atoms with Crippen molar-refractivity contribution >= 4 is 26.8 Å². The highest BCUT2D eigenvalue weighted by Crippen LogP contribution is 2.37. The van der Waals surface area contributed by atoms with Crippen molar-refractivity contribution in [1.82, 2.24) is 14.9 Å². The number of hydrogen-bond acceptors (Lipinski definition) is 8. The number of methoxy groups -OCH3 is 2. The first-order chi connectivity index (χ1) is 16.9. The summed E-state index contributed by atoms with van der Waals surface area (Å²) in [6.45, 7) is 0.864. The van der Waals surface area contributed by atoms with E-state index >= 15 is 0 Å². The van der Waals surface area contributed by atoms with Gasteiger partial charge in [-0.2, -0.15) is 5.10 Å². The standard InChI is InChI=1S/C24H27N5O5S/c1-32-19-9-17-5-3-4-6-18(17)10-22(19)35(30,31)28-24-23-20(33-2)7-15(8-21(23)34-27-24)13-29-14-16(11-25)12-26-29/h7-10,12,14H,3-6,11,13,25H2,1-2H3,(H,27,28). The molecule has 0 spiro atoms. The van der Waals surface area contributed by atoms with Crippen LogP contribution in [0.2, 0.25) is 0 Å². The fourth-order valence-corrected chi connectivity index (χ4v) is 5.70. The largest absolute Gasteiger partial charge is 0.496 e. The van der Waals surface area contributed by atoms with Gasteiger partial charge in [0.15, 0.2) is 11.4 Å². The second-order valence-electron chi connectivity index (χ2n) is 8.54. The molecule has 0 atom stereocenters. The molecule has 2 heterocycles. The van der Waals surface area contributed by atoms with Gasteiger partial charge in [0.05, 0.1) is 27.0 Å². The normalized spacial score (nSPS) is 13.6. The Morgan fingerprint density at radius 1 is 1.06 bits per heavy atom. The molecule has 0 unspecified atom stereocenters. The van der Waals surface area contributed by atoms with Crippen LogP contribution in [-0.4, -0.2) is 37.6 Å². The molecule has 0 amide bonds. The molecule has 1 aliphatic carbocycles. The second kappa shape index (κ2) is 9.23. The molecule has 1 aliphatic rings. The van der Waals surface area contributed by atoms with E-state index in [4.69, 9.17) is 19.7 Å². The maximum atomic E-state index is 13.4. The molecule has 2 aromatic carbocycles. The molecule has 3 N–H and O–H groups in total. The average molecular weight is 498 g/mol. The number of nitrogens with zero attached hydrogens (tertiary/aromatic N) is 3. The molecule has 0 fully saturated rings. The van der Waals surface area contributed by atoms with Gasteiger partial charge in [0.2, 0.25) is 0 Å². The molecular weight excluding hydrogens is 470 g/mol. The maximum absolute atomic E-state index is 13.4. The summed E-state index contributed by atoms with van der Waals surface area (Å²) in [6, 6.07) is 7.11. The minimum Gasteiger partial charge on any atom is -0.496 e. The smallest absolute Gasteiger partial charge is 0.266 e.